The second-order valence-corrected chi connectivity index (χ2v) is 8.52. The van der Waals surface area contributed by atoms with Crippen molar-refractivity contribution >= 4 is 11.8 Å². The summed E-state index contributed by atoms with van der Waals surface area (Å²) in [7, 11) is 0. The normalized spacial score (nSPS) is 28.6. The minimum absolute atomic E-state index is 0.153. The van der Waals surface area contributed by atoms with Crippen LogP contribution in [0.1, 0.15) is 66.2 Å². The molecule has 1 aliphatic heterocycles. The van der Waals surface area contributed by atoms with Gasteiger partial charge in [0.2, 0.25) is 0 Å². The minimum atomic E-state index is -0.476. The van der Waals surface area contributed by atoms with Crippen molar-refractivity contribution in [2.45, 2.75) is 78.3 Å². The predicted molar refractivity (Wildman–Crippen MR) is 96.6 cm³/mol. The van der Waals surface area contributed by atoms with Crippen LogP contribution in [0.25, 0.3) is 0 Å². The number of amides is 2. The molecule has 1 saturated carbocycles. The first kappa shape index (κ1) is 19.2. The summed E-state index contributed by atoms with van der Waals surface area (Å²) in [5.41, 5.74) is 0.332. The van der Waals surface area contributed by atoms with Crippen LogP contribution < -0.4 is 10.6 Å². The van der Waals surface area contributed by atoms with Gasteiger partial charge in [-0.25, -0.2) is 0 Å². The molecule has 0 unspecified atom stereocenters. The Kier molecular flexibility index (Phi) is 6.67. The third-order valence-electron chi connectivity index (χ3n) is 5.90. The fourth-order valence-corrected chi connectivity index (χ4v) is 4.19. The van der Waals surface area contributed by atoms with Crippen LogP contribution in [0.2, 0.25) is 0 Å². The highest BCUT2D eigenvalue weighted by atomic mass is 16.2. The molecule has 2 aliphatic rings. The van der Waals surface area contributed by atoms with E-state index in [1.54, 1.807) is 0 Å². The maximum absolute atomic E-state index is 12.1. The second-order valence-electron chi connectivity index (χ2n) is 8.52. The molecular formula is C19H35N3O2. The maximum atomic E-state index is 12.1. The van der Waals surface area contributed by atoms with Crippen LogP contribution in [-0.2, 0) is 9.59 Å². The minimum Gasteiger partial charge on any atom is -0.346 e. The van der Waals surface area contributed by atoms with E-state index in [2.05, 4.69) is 43.2 Å². The Morgan fingerprint density at radius 2 is 1.71 bits per heavy atom. The van der Waals surface area contributed by atoms with Crippen molar-refractivity contribution < 1.29 is 9.59 Å². The Balaban J connectivity index is 1.70. The number of hydrogen-bond donors (Lipinski definition) is 2. The number of likely N-dealkylation sites (N-methyl/N-ethyl adjacent to an activating group) is 1. The molecule has 5 nitrogen and oxygen atoms in total. The molecule has 1 aliphatic carbocycles. The van der Waals surface area contributed by atoms with Crippen LogP contribution in [0.4, 0.5) is 0 Å². The quantitative estimate of drug-likeness (QED) is 0.774. The SMILES string of the molecule is CCN1CCC[C@H]1CNC(=O)C(=O)NC1CCC(C(C)(C)C)CC1. The van der Waals surface area contributed by atoms with Crippen molar-refractivity contribution in [2.24, 2.45) is 11.3 Å². The third kappa shape index (κ3) is 5.20. The van der Waals surface area contributed by atoms with Crippen LogP contribution in [0.5, 0.6) is 0 Å². The molecule has 0 bridgehead atoms. The Morgan fingerprint density at radius 3 is 2.29 bits per heavy atom. The third-order valence-corrected chi connectivity index (χ3v) is 5.90. The van der Waals surface area contributed by atoms with E-state index in [1.807, 2.05) is 0 Å². The molecule has 0 aromatic rings. The fourth-order valence-electron chi connectivity index (χ4n) is 4.19. The van der Waals surface area contributed by atoms with Crippen LogP contribution in [0, 0.1) is 11.3 Å². The standard InChI is InChI=1S/C19H35N3O2/c1-5-22-12-6-7-16(22)13-20-17(23)18(24)21-15-10-8-14(9-11-15)19(2,3)4/h14-16H,5-13H2,1-4H3,(H,20,23)(H,21,24)/t14?,15?,16-/m0/s1. The van der Waals surface area contributed by atoms with Gasteiger partial charge < -0.3 is 10.6 Å². The number of nitrogens with zero attached hydrogens (tertiary/aromatic N) is 1. The number of carbonyl (C=O) groups is 2. The van der Waals surface area contributed by atoms with E-state index >= 15 is 0 Å². The second kappa shape index (κ2) is 8.32. The van der Waals surface area contributed by atoms with Gasteiger partial charge in [-0.2, -0.15) is 0 Å². The summed E-state index contributed by atoms with van der Waals surface area (Å²) in [6.45, 7) is 11.7. The van der Waals surface area contributed by atoms with Crippen molar-refractivity contribution in [3.05, 3.63) is 0 Å². The molecule has 0 aromatic heterocycles. The van der Waals surface area contributed by atoms with Gasteiger partial charge in [-0.3, -0.25) is 14.5 Å². The van der Waals surface area contributed by atoms with Gasteiger partial charge in [0, 0.05) is 18.6 Å². The van der Waals surface area contributed by atoms with Crippen LogP contribution in [0.3, 0.4) is 0 Å². The fraction of sp³-hybridized carbons (Fsp3) is 0.895. The van der Waals surface area contributed by atoms with Crippen molar-refractivity contribution in [2.75, 3.05) is 19.6 Å². The van der Waals surface area contributed by atoms with E-state index in [9.17, 15) is 9.59 Å². The molecule has 0 aromatic carbocycles. The molecule has 0 spiro atoms. The maximum Gasteiger partial charge on any atom is 0.309 e. The Labute approximate surface area is 146 Å². The molecular weight excluding hydrogens is 302 g/mol. The number of nitrogens with one attached hydrogen (secondary N) is 2. The first-order chi connectivity index (χ1) is 11.3. The lowest BCUT2D eigenvalue weighted by molar-refractivity contribution is -0.139. The lowest BCUT2D eigenvalue weighted by Gasteiger charge is -2.37. The van der Waals surface area contributed by atoms with Crippen LogP contribution >= 0.6 is 0 Å². The van der Waals surface area contributed by atoms with Crippen molar-refractivity contribution in [1.82, 2.24) is 15.5 Å². The van der Waals surface area contributed by atoms with Crippen molar-refractivity contribution in [1.29, 1.82) is 0 Å². The largest absolute Gasteiger partial charge is 0.346 e. The summed E-state index contributed by atoms with van der Waals surface area (Å²) in [6.07, 6.45) is 6.50. The summed E-state index contributed by atoms with van der Waals surface area (Å²) in [6, 6.07) is 0.537. The first-order valence-electron chi connectivity index (χ1n) is 9.64. The number of carbonyl (C=O) groups excluding carboxylic acids is 2. The molecule has 2 rings (SSSR count). The molecule has 1 atom stereocenters. The molecule has 24 heavy (non-hydrogen) atoms. The van der Waals surface area contributed by atoms with Crippen molar-refractivity contribution in [3.8, 4) is 0 Å². The summed E-state index contributed by atoms with van der Waals surface area (Å²) >= 11 is 0. The topological polar surface area (TPSA) is 61.4 Å². The van der Waals surface area contributed by atoms with Crippen LogP contribution in [0.15, 0.2) is 0 Å². The van der Waals surface area contributed by atoms with Crippen LogP contribution in [-0.4, -0.2) is 48.4 Å². The zero-order valence-corrected chi connectivity index (χ0v) is 15.9. The Morgan fingerprint density at radius 1 is 1.04 bits per heavy atom. The molecule has 2 fully saturated rings. The summed E-state index contributed by atoms with van der Waals surface area (Å²) in [4.78, 5) is 26.5. The number of hydrogen-bond acceptors (Lipinski definition) is 3. The van der Waals surface area contributed by atoms with Gasteiger partial charge in [0.25, 0.3) is 0 Å². The zero-order valence-electron chi connectivity index (χ0n) is 15.9. The molecule has 1 saturated heterocycles. The molecule has 138 valence electrons. The lowest BCUT2D eigenvalue weighted by Crippen LogP contribution is -2.48. The predicted octanol–water partition coefficient (Wildman–Crippen LogP) is 2.31. The van der Waals surface area contributed by atoms with E-state index in [0.29, 0.717) is 23.9 Å². The highest BCUT2D eigenvalue weighted by Gasteiger charge is 2.31. The van der Waals surface area contributed by atoms with Gasteiger partial charge in [-0.15, -0.1) is 0 Å². The van der Waals surface area contributed by atoms with Gasteiger partial charge in [-0.1, -0.05) is 27.7 Å². The Hall–Kier alpha value is -1.10. The van der Waals surface area contributed by atoms with Crippen molar-refractivity contribution in [3.63, 3.8) is 0 Å². The number of rotatable bonds is 4. The molecule has 2 amide bonds. The molecule has 1 heterocycles. The molecule has 5 heteroatoms. The summed E-state index contributed by atoms with van der Waals surface area (Å²) in [5, 5.41) is 5.75. The monoisotopic (exact) mass is 337 g/mol. The highest BCUT2D eigenvalue weighted by Crippen LogP contribution is 2.37. The highest BCUT2D eigenvalue weighted by molar-refractivity contribution is 6.35. The van der Waals surface area contributed by atoms with Gasteiger partial charge in [-0.05, 0) is 62.9 Å². The first-order valence-corrected chi connectivity index (χ1v) is 9.64. The molecule has 2 N–H and O–H groups in total. The van der Waals surface area contributed by atoms with E-state index in [1.165, 1.54) is 6.42 Å². The average Bonchev–Trinajstić information content (AvgIpc) is 2.99. The zero-order chi connectivity index (χ0) is 17.7. The van der Waals surface area contributed by atoms with E-state index in [-0.39, 0.29) is 6.04 Å². The number of likely N-dealkylation sites (tertiary alicyclic amines) is 1. The van der Waals surface area contributed by atoms with Gasteiger partial charge in [0.15, 0.2) is 0 Å². The van der Waals surface area contributed by atoms with Gasteiger partial charge in [0.05, 0.1) is 0 Å². The Bertz CT molecular complexity index is 436. The van der Waals surface area contributed by atoms with E-state index < -0.39 is 11.8 Å². The van der Waals surface area contributed by atoms with Gasteiger partial charge >= 0.3 is 11.8 Å². The van der Waals surface area contributed by atoms with E-state index in [0.717, 1.165) is 45.2 Å². The summed E-state index contributed by atoms with van der Waals surface area (Å²) in [5.74, 6) is -0.229. The van der Waals surface area contributed by atoms with Gasteiger partial charge in [0.1, 0.15) is 0 Å². The van der Waals surface area contributed by atoms with E-state index in [4.69, 9.17) is 0 Å². The molecule has 0 radical (unpaired) electrons. The lowest BCUT2D eigenvalue weighted by atomic mass is 9.71. The smallest absolute Gasteiger partial charge is 0.309 e. The average molecular weight is 338 g/mol. The summed E-state index contributed by atoms with van der Waals surface area (Å²) < 4.78 is 0.